The number of hydrogen-bond donors (Lipinski definition) is 0. The highest BCUT2D eigenvalue weighted by atomic mass is 32.1. The van der Waals surface area contributed by atoms with Gasteiger partial charge in [-0.15, -0.1) is 11.3 Å². The molecule has 3 heterocycles. The summed E-state index contributed by atoms with van der Waals surface area (Å²) in [5.41, 5.74) is 3.07. The maximum absolute atomic E-state index is 5.38. The smallest absolute Gasteiger partial charge is 0.119 e. The van der Waals surface area contributed by atoms with Crippen molar-refractivity contribution in [1.82, 2.24) is 14.8 Å². The fourth-order valence-electron chi connectivity index (χ4n) is 4.68. The van der Waals surface area contributed by atoms with Crippen LogP contribution in [0, 0.1) is 12.3 Å². The van der Waals surface area contributed by atoms with Crippen molar-refractivity contribution < 1.29 is 4.74 Å². The molecule has 1 aromatic heterocycles. The zero-order valence-electron chi connectivity index (χ0n) is 15.9. The Morgan fingerprint density at radius 1 is 1.15 bits per heavy atom. The van der Waals surface area contributed by atoms with E-state index in [2.05, 4.69) is 45.3 Å². The molecule has 4 rings (SSSR count). The topological polar surface area (TPSA) is 28.6 Å². The molecule has 2 aliphatic heterocycles. The van der Waals surface area contributed by atoms with Crippen LogP contribution in [0.3, 0.4) is 0 Å². The van der Waals surface area contributed by atoms with Crippen molar-refractivity contribution in [2.75, 3.05) is 33.3 Å². The lowest BCUT2D eigenvalue weighted by molar-refractivity contribution is 0.0864. The van der Waals surface area contributed by atoms with Crippen molar-refractivity contribution in [3.8, 4) is 5.75 Å². The molecule has 5 heteroatoms. The van der Waals surface area contributed by atoms with Crippen molar-refractivity contribution in [2.45, 2.75) is 39.3 Å². The van der Waals surface area contributed by atoms with Gasteiger partial charge in [-0.3, -0.25) is 9.80 Å². The fraction of sp³-hybridized carbons (Fsp3) is 0.571. The molecule has 1 unspecified atom stereocenters. The van der Waals surface area contributed by atoms with Gasteiger partial charge in [0.2, 0.25) is 0 Å². The Morgan fingerprint density at radius 2 is 2.00 bits per heavy atom. The lowest BCUT2D eigenvalue weighted by Gasteiger charge is -2.40. The molecule has 26 heavy (non-hydrogen) atoms. The van der Waals surface area contributed by atoms with Gasteiger partial charge in [0, 0.05) is 31.6 Å². The zero-order chi connectivity index (χ0) is 18.0. The highest BCUT2D eigenvalue weighted by Gasteiger charge is 2.41. The standard InChI is InChI=1S/C21H29N3OS/c1-17-22-19(14-26-17)13-24-10-8-21(16-24)7-4-9-23(15-21)12-18-5-3-6-20(11-18)25-2/h3,5-6,11,14H,4,7-10,12-13,15-16H2,1-2H3. The van der Waals surface area contributed by atoms with E-state index in [0.717, 1.165) is 18.8 Å². The van der Waals surface area contributed by atoms with Gasteiger partial charge in [0.25, 0.3) is 0 Å². The third kappa shape index (κ3) is 4.11. The summed E-state index contributed by atoms with van der Waals surface area (Å²) in [6.07, 6.45) is 4.01. The highest BCUT2D eigenvalue weighted by molar-refractivity contribution is 7.09. The van der Waals surface area contributed by atoms with Crippen LogP contribution in [-0.4, -0.2) is 48.1 Å². The van der Waals surface area contributed by atoms with Crippen LogP contribution in [0.2, 0.25) is 0 Å². The lowest BCUT2D eigenvalue weighted by Crippen LogP contribution is -2.44. The normalized spacial score (nSPS) is 24.4. The number of thiazole rings is 1. The van der Waals surface area contributed by atoms with Crippen LogP contribution in [0.4, 0.5) is 0 Å². The number of rotatable bonds is 5. The molecule has 2 aromatic rings. The summed E-state index contributed by atoms with van der Waals surface area (Å²) in [6, 6.07) is 8.51. The van der Waals surface area contributed by atoms with Gasteiger partial charge in [0.1, 0.15) is 5.75 Å². The Morgan fingerprint density at radius 3 is 2.77 bits per heavy atom. The summed E-state index contributed by atoms with van der Waals surface area (Å²) >= 11 is 1.76. The Bertz CT molecular complexity index is 746. The average Bonchev–Trinajstić information content (AvgIpc) is 3.22. The molecule has 2 aliphatic rings. The summed E-state index contributed by atoms with van der Waals surface area (Å²) < 4.78 is 5.38. The molecule has 0 amide bonds. The number of benzene rings is 1. The summed E-state index contributed by atoms with van der Waals surface area (Å²) in [4.78, 5) is 9.91. The van der Waals surface area contributed by atoms with E-state index in [-0.39, 0.29) is 0 Å². The van der Waals surface area contributed by atoms with E-state index in [1.807, 2.05) is 6.07 Å². The molecule has 1 atom stereocenters. The maximum atomic E-state index is 5.38. The van der Waals surface area contributed by atoms with Crippen LogP contribution in [0.15, 0.2) is 29.6 Å². The monoisotopic (exact) mass is 371 g/mol. The minimum absolute atomic E-state index is 0.474. The maximum Gasteiger partial charge on any atom is 0.119 e. The molecular weight excluding hydrogens is 342 g/mol. The van der Waals surface area contributed by atoms with Gasteiger partial charge >= 0.3 is 0 Å². The van der Waals surface area contributed by atoms with Crippen molar-refractivity contribution in [2.24, 2.45) is 5.41 Å². The lowest BCUT2D eigenvalue weighted by atomic mass is 9.79. The molecule has 0 N–H and O–H groups in total. The predicted octanol–water partition coefficient (Wildman–Crippen LogP) is 3.95. The predicted molar refractivity (Wildman–Crippen MR) is 107 cm³/mol. The molecule has 0 bridgehead atoms. The van der Waals surface area contributed by atoms with E-state index in [1.165, 1.54) is 61.7 Å². The van der Waals surface area contributed by atoms with Crippen LogP contribution < -0.4 is 4.74 Å². The summed E-state index contributed by atoms with van der Waals surface area (Å²) in [5, 5.41) is 3.40. The van der Waals surface area contributed by atoms with Crippen LogP contribution in [0.1, 0.15) is 35.5 Å². The average molecular weight is 372 g/mol. The Kier molecular flexibility index (Phi) is 5.30. The van der Waals surface area contributed by atoms with Crippen molar-refractivity contribution in [3.05, 3.63) is 45.9 Å². The second kappa shape index (κ2) is 7.67. The Labute approximate surface area is 160 Å². The molecule has 140 valence electrons. The number of aryl methyl sites for hydroxylation is 1. The van der Waals surface area contributed by atoms with Gasteiger partial charge in [-0.1, -0.05) is 12.1 Å². The van der Waals surface area contributed by atoms with E-state index < -0.39 is 0 Å². The van der Waals surface area contributed by atoms with Crippen LogP contribution in [0.25, 0.3) is 0 Å². The van der Waals surface area contributed by atoms with Crippen molar-refractivity contribution in [3.63, 3.8) is 0 Å². The number of ether oxygens (including phenoxy) is 1. The van der Waals surface area contributed by atoms with Gasteiger partial charge in [0.15, 0.2) is 0 Å². The minimum Gasteiger partial charge on any atom is -0.497 e. The number of methoxy groups -OCH3 is 1. The fourth-order valence-corrected chi connectivity index (χ4v) is 5.28. The molecule has 0 aliphatic carbocycles. The number of piperidine rings is 1. The molecule has 1 aromatic carbocycles. The molecule has 2 fully saturated rings. The van der Waals surface area contributed by atoms with E-state index in [0.29, 0.717) is 5.41 Å². The minimum atomic E-state index is 0.474. The van der Waals surface area contributed by atoms with Gasteiger partial charge in [0.05, 0.1) is 17.8 Å². The molecule has 1 spiro atoms. The second-order valence-corrected chi connectivity index (χ2v) is 9.05. The van der Waals surface area contributed by atoms with Gasteiger partial charge in [-0.2, -0.15) is 0 Å². The van der Waals surface area contributed by atoms with E-state index in [1.54, 1.807) is 18.4 Å². The molecule has 0 radical (unpaired) electrons. The number of likely N-dealkylation sites (tertiary alicyclic amines) is 2. The van der Waals surface area contributed by atoms with E-state index in [9.17, 15) is 0 Å². The first-order valence-corrected chi connectivity index (χ1v) is 10.5. The summed E-state index contributed by atoms with van der Waals surface area (Å²) in [6.45, 7) is 9.01. The summed E-state index contributed by atoms with van der Waals surface area (Å²) in [7, 11) is 1.74. The third-order valence-electron chi connectivity index (χ3n) is 5.85. The van der Waals surface area contributed by atoms with E-state index in [4.69, 9.17) is 4.74 Å². The molecule has 2 saturated heterocycles. The Balaban J connectivity index is 1.37. The zero-order valence-corrected chi connectivity index (χ0v) is 16.7. The van der Waals surface area contributed by atoms with Crippen LogP contribution in [0.5, 0.6) is 5.75 Å². The van der Waals surface area contributed by atoms with Crippen molar-refractivity contribution in [1.29, 1.82) is 0 Å². The quantitative estimate of drug-likeness (QED) is 0.796. The number of hydrogen-bond acceptors (Lipinski definition) is 5. The van der Waals surface area contributed by atoms with Gasteiger partial charge < -0.3 is 4.74 Å². The van der Waals surface area contributed by atoms with Crippen molar-refractivity contribution >= 4 is 11.3 Å². The molecule has 4 nitrogen and oxygen atoms in total. The highest BCUT2D eigenvalue weighted by Crippen LogP contribution is 2.40. The SMILES string of the molecule is COc1cccc(CN2CCCC3(CCN(Cc4csc(C)n4)C3)C2)c1. The first kappa shape index (κ1) is 18.0. The van der Waals surface area contributed by atoms with E-state index >= 15 is 0 Å². The van der Waals surface area contributed by atoms with Gasteiger partial charge in [-0.25, -0.2) is 4.98 Å². The largest absolute Gasteiger partial charge is 0.497 e. The second-order valence-electron chi connectivity index (χ2n) is 7.98. The van der Waals surface area contributed by atoms with Gasteiger partial charge in [-0.05, 0) is 62.4 Å². The van der Waals surface area contributed by atoms with Crippen LogP contribution >= 0.6 is 11.3 Å². The van der Waals surface area contributed by atoms with Crippen LogP contribution in [-0.2, 0) is 13.1 Å². The first-order chi connectivity index (χ1) is 12.6. The first-order valence-electron chi connectivity index (χ1n) is 9.63. The molecular formula is C21H29N3OS. The Hall–Kier alpha value is -1.43. The number of nitrogens with zero attached hydrogens (tertiary/aromatic N) is 3. The third-order valence-corrected chi connectivity index (χ3v) is 6.67. The molecule has 0 saturated carbocycles. The number of aromatic nitrogens is 1. The summed E-state index contributed by atoms with van der Waals surface area (Å²) in [5.74, 6) is 0.958.